The van der Waals surface area contributed by atoms with Crippen molar-refractivity contribution in [3.63, 3.8) is 0 Å². The summed E-state index contributed by atoms with van der Waals surface area (Å²) in [6.45, 7) is 10.1. The van der Waals surface area contributed by atoms with Crippen molar-refractivity contribution in [1.82, 2.24) is 0 Å². The Kier molecular flexibility index (Phi) is 11.0. The number of fused-ring (bicyclic) bond motifs is 3. The number of benzene rings is 2. The summed E-state index contributed by atoms with van der Waals surface area (Å²) in [6, 6.07) is 14.2. The second-order valence-electron chi connectivity index (χ2n) is 11.7. The molecule has 1 nitrogen and oxygen atoms in total. The van der Waals surface area contributed by atoms with E-state index in [1.165, 1.54) is 63.5 Å². The van der Waals surface area contributed by atoms with E-state index in [0.717, 1.165) is 36.1 Å². The largest absolute Gasteiger partial charge is 0.494 e. The minimum Gasteiger partial charge on any atom is -0.494 e. The standard InChI is InChI=1S/C32H48F2OSi/c1-5-7-9-10-11-12-15-26-16-18-30-29-19-17-28(24-27(29)25-32(33,34)31(30)23-26)35-20-13-14-22-36(3,4)21-8-6-2/h16-19,23-24H,5-15,20-22,25H2,1-4H3. The Balaban J connectivity index is 1.57. The summed E-state index contributed by atoms with van der Waals surface area (Å²) in [6.07, 6.45) is 12.8. The lowest BCUT2D eigenvalue weighted by Crippen LogP contribution is -2.24. The van der Waals surface area contributed by atoms with Crippen molar-refractivity contribution < 1.29 is 13.5 Å². The third kappa shape index (κ3) is 8.43. The van der Waals surface area contributed by atoms with Gasteiger partial charge in [-0.05, 0) is 59.7 Å². The van der Waals surface area contributed by atoms with Crippen LogP contribution in [0.3, 0.4) is 0 Å². The van der Waals surface area contributed by atoms with Crippen molar-refractivity contribution in [3.05, 3.63) is 53.1 Å². The van der Waals surface area contributed by atoms with Gasteiger partial charge in [-0.3, -0.25) is 0 Å². The van der Waals surface area contributed by atoms with E-state index in [0.29, 0.717) is 17.7 Å². The molecule has 1 aliphatic carbocycles. The molecule has 0 aromatic heterocycles. The number of aryl methyl sites for hydroxylation is 1. The smallest absolute Gasteiger partial charge is 0.277 e. The van der Waals surface area contributed by atoms with Gasteiger partial charge in [0.15, 0.2) is 0 Å². The van der Waals surface area contributed by atoms with E-state index in [4.69, 9.17) is 4.74 Å². The highest BCUT2D eigenvalue weighted by atomic mass is 28.3. The van der Waals surface area contributed by atoms with E-state index in [1.807, 2.05) is 30.3 Å². The van der Waals surface area contributed by atoms with Gasteiger partial charge in [0.2, 0.25) is 0 Å². The van der Waals surface area contributed by atoms with Gasteiger partial charge in [0.05, 0.1) is 6.61 Å². The van der Waals surface area contributed by atoms with E-state index in [1.54, 1.807) is 6.07 Å². The van der Waals surface area contributed by atoms with Gasteiger partial charge in [-0.15, -0.1) is 0 Å². The fourth-order valence-corrected chi connectivity index (χ4v) is 8.24. The number of hydrogen-bond acceptors (Lipinski definition) is 1. The first-order chi connectivity index (χ1) is 17.3. The quantitative estimate of drug-likeness (QED) is 0.160. The first-order valence-corrected chi connectivity index (χ1v) is 17.9. The molecule has 0 saturated heterocycles. The third-order valence-corrected chi connectivity index (χ3v) is 11.2. The van der Waals surface area contributed by atoms with Crippen LogP contribution in [0, 0.1) is 0 Å². The van der Waals surface area contributed by atoms with Gasteiger partial charge >= 0.3 is 0 Å². The Morgan fingerprint density at radius 2 is 1.47 bits per heavy atom. The summed E-state index contributed by atoms with van der Waals surface area (Å²) < 4.78 is 36.5. The van der Waals surface area contributed by atoms with Gasteiger partial charge < -0.3 is 4.74 Å². The minimum absolute atomic E-state index is 0.196. The van der Waals surface area contributed by atoms with E-state index in [9.17, 15) is 0 Å². The zero-order chi connectivity index (χ0) is 26.0. The first-order valence-electron chi connectivity index (χ1n) is 14.5. The maximum Gasteiger partial charge on any atom is 0.277 e. The number of halogens is 2. The Labute approximate surface area is 220 Å². The van der Waals surface area contributed by atoms with Crippen LogP contribution in [0.2, 0.25) is 25.2 Å². The lowest BCUT2D eigenvalue weighted by atomic mass is 9.82. The third-order valence-electron chi connectivity index (χ3n) is 7.80. The Bertz CT molecular complexity index is 953. The van der Waals surface area contributed by atoms with Gasteiger partial charge in [-0.2, -0.15) is 0 Å². The van der Waals surface area contributed by atoms with Crippen molar-refractivity contribution >= 4 is 8.07 Å². The number of ether oxygens (including phenoxy) is 1. The summed E-state index contributed by atoms with van der Waals surface area (Å²) in [5, 5.41) is 0. The second kappa shape index (κ2) is 13.7. The molecule has 4 heteroatoms. The van der Waals surface area contributed by atoms with Crippen LogP contribution in [-0.2, 0) is 18.8 Å². The van der Waals surface area contributed by atoms with E-state index in [-0.39, 0.29) is 12.0 Å². The van der Waals surface area contributed by atoms with Gasteiger partial charge in [0, 0.05) is 20.1 Å². The highest BCUT2D eigenvalue weighted by Gasteiger charge is 2.39. The van der Waals surface area contributed by atoms with Crippen LogP contribution in [0.15, 0.2) is 36.4 Å². The van der Waals surface area contributed by atoms with E-state index >= 15 is 8.78 Å². The topological polar surface area (TPSA) is 9.23 Å². The molecule has 2 aromatic carbocycles. The maximum atomic E-state index is 15.2. The molecule has 0 N–H and O–H groups in total. The van der Waals surface area contributed by atoms with Crippen molar-refractivity contribution in [2.45, 2.75) is 122 Å². The molecule has 200 valence electrons. The molecule has 0 saturated carbocycles. The van der Waals surface area contributed by atoms with Crippen molar-refractivity contribution in [3.8, 4) is 16.9 Å². The Morgan fingerprint density at radius 1 is 0.778 bits per heavy atom. The van der Waals surface area contributed by atoms with E-state index < -0.39 is 14.0 Å². The SMILES string of the molecule is CCCCCCCCc1ccc2c(c1)C(F)(F)Cc1cc(OCCCC[Si](C)(C)CCCC)ccc1-2. The molecule has 0 radical (unpaired) electrons. The molecule has 3 rings (SSSR count). The summed E-state index contributed by atoms with van der Waals surface area (Å²) >= 11 is 0. The molecule has 2 aromatic rings. The molecule has 0 spiro atoms. The molecule has 36 heavy (non-hydrogen) atoms. The van der Waals surface area contributed by atoms with Gasteiger partial charge in [-0.1, -0.05) is 109 Å². The van der Waals surface area contributed by atoms with Crippen molar-refractivity contribution in [2.75, 3.05) is 6.61 Å². The zero-order valence-corrected chi connectivity index (χ0v) is 24.2. The predicted molar refractivity (Wildman–Crippen MR) is 153 cm³/mol. The summed E-state index contributed by atoms with van der Waals surface area (Å²) in [4.78, 5) is 0. The molecule has 0 unspecified atom stereocenters. The average Bonchev–Trinajstić information content (AvgIpc) is 2.84. The highest BCUT2D eigenvalue weighted by molar-refractivity contribution is 6.77. The number of hydrogen-bond donors (Lipinski definition) is 0. The highest BCUT2D eigenvalue weighted by Crippen LogP contribution is 2.46. The molecule has 1 aliphatic rings. The van der Waals surface area contributed by atoms with Crippen molar-refractivity contribution in [1.29, 1.82) is 0 Å². The lowest BCUT2D eigenvalue weighted by Gasteiger charge is -2.28. The molecule has 0 atom stereocenters. The van der Waals surface area contributed by atoms with Crippen LogP contribution in [0.5, 0.6) is 5.75 Å². The monoisotopic (exact) mass is 514 g/mol. The molecule has 0 aliphatic heterocycles. The zero-order valence-electron chi connectivity index (χ0n) is 23.2. The molecular weight excluding hydrogens is 466 g/mol. The Morgan fingerprint density at radius 3 is 2.25 bits per heavy atom. The second-order valence-corrected chi connectivity index (χ2v) is 17.0. The fraction of sp³-hybridized carbons (Fsp3) is 0.625. The molecule has 0 amide bonds. The normalized spacial score (nSPS) is 14.4. The van der Waals surface area contributed by atoms with Crippen LogP contribution in [-0.4, -0.2) is 14.7 Å². The lowest BCUT2D eigenvalue weighted by molar-refractivity contribution is -0.00491. The van der Waals surface area contributed by atoms with Gasteiger partial charge in [-0.25, -0.2) is 8.78 Å². The summed E-state index contributed by atoms with van der Waals surface area (Å²) in [5.41, 5.74) is 3.54. The molecular formula is C32H48F2OSi. The first kappa shape index (κ1) is 28.9. The summed E-state index contributed by atoms with van der Waals surface area (Å²) in [7, 11) is -1.08. The van der Waals surface area contributed by atoms with Crippen LogP contribution < -0.4 is 4.74 Å². The number of rotatable bonds is 16. The molecule has 0 fully saturated rings. The van der Waals surface area contributed by atoms with Crippen molar-refractivity contribution in [2.24, 2.45) is 0 Å². The molecule has 0 bridgehead atoms. The van der Waals surface area contributed by atoms with Crippen LogP contribution in [0.25, 0.3) is 11.1 Å². The fourth-order valence-electron chi connectivity index (χ4n) is 5.47. The minimum atomic E-state index is -2.84. The molecule has 0 heterocycles. The van der Waals surface area contributed by atoms with Crippen LogP contribution in [0.1, 0.15) is 94.7 Å². The Hall–Kier alpha value is -1.68. The van der Waals surface area contributed by atoms with Gasteiger partial charge in [0.1, 0.15) is 5.75 Å². The van der Waals surface area contributed by atoms with Crippen LogP contribution >= 0.6 is 0 Å². The average molecular weight is 515 g/mol. The number of unbranched alkanes of at least 4 members (excludes halogenated alkanes) is 7. The predicted octanol–water partition coefficient (Wildman–Crippen LogP) is 10.6. The number of alkyl halides is 2. The van der Waals surface area contributed by atoms with E-state index in [2.05, 4.69) is 26.9 Å². The maximum absolute atomic E-state index is 15.2. The van der Waals surface area contributed by atoms with Crippen LogP contribution in [0.4, 0.5) is 8.78 Å². The summed E-state index contributed by atoms with van der Waals surface area (Å²) in [5.74, 6) is -2.12. The van der Waals surface area contributed by atoms with Gasteiger partial charge in [0.25, 0.3) is 5.92 Å².